The quantitative estimate of drug-likeness (QED) is 0.557. The van der Waals surface area contributed by atoms with E-state index in [1.807, 2.05) is 4.57 Å². The Balaban J connectivity index is 1.55. The molecule has 1 unspecified atom stereocenters. The average molecular weight is 455 g/mol. The number of hydrogen-bond donors (Lipinski definition) is 0. The molecular weight excluding hydrogens is 434 g/mol. The smallest absolute Gasteiger partial charge is 0.309 e. The Morgan fingerprint density at radius 2 is 1.97 bits per heavy atom. The fourth-order valence-electron chi connectivity index (χ4n) is 4.67. The Kier molecular flexibility index (Phi) is 4.50. The molecule has 1 aliphatic heterocycles. The van der Waals surface area contributed by atoms with E-state index in [9.17, 15) is 13.6 Å². The molecule has 3 heterocycles. The van der Waals surface area contributed by atoms with Gasteiger partial charge in [0.1, 0.15) is 29.0 Å². The Labute approximate surface area is 187 Å². The van der Waals surface area contributed by atoms with Gasteiger partial charge in [0.15, 0.2) is 5.82 Å². The summed E-state index contributed by atoms with van der Waals surface area (Å²) in [6, 6.07) is 3.84. The van der Waals surface area contributed by atoms with Crippen molar-refractivity contribution in [2.45, 2.75) is 45.1 Å². The molecule has 0 saturated heterocycles. The standard InChI is InChI=1S/C23H20F2N4O2S/c1-2-31-23(30)12-8-13-16(9-12)32-22-18(13)20(19-14(24)4-3-5-15(19)25)26-10-17-27-28-21(29(17)22)11-6-7-11/h3-5,11-12H,2,6-10H2,1H3. The predicted octanol–water partition coefficient (Wildman–Crippen LogP) is 4.11. The minimum atomic E-state index is -0.658. The maximum absolute atomic E-state index is 14.9. The molecule has 2 aliphatic carbocycles. The van der Waals surface area contributed by atoms with Crippen LogP contribution in [0.15, 0.2) is 23.2 Å². The van der Waals surface area contributed by atoms with Crippen molar-refractivity contribution in [3.8, 4) is 5.00 Å². The van der Waals surface area contributed by atoms with Crippen LogP contribution in [0.1, 0.15) is 58.9 Å². The molecule has 0 N–H and O–H groups in total. The number of rotatable bonds is 4. The van der Waals surface area contributed by atoms with Crippen LogP contribution in [0.4, 0.5) is 8.78 Å². The summed E-state index contributed by atoms with van der Waals surface area (Å²) in [5.74, 6) is 0.0528. The average Bonchev–Trinajstić information content (AvgIpc) is 3.29. The van der Waals surface area contributed by atoms with Gasteiger partial charge in [-0.15, -0.1) is 21.5 Å². The molecule has 2 aromatic heterocycles. The van der Waals surface area contributed by atoms with E-state index in [-0.39, 0.29) is 29.7 Å². The summed E-state index contributed by atoms with van der Waals surface area (Å²) in [5, 5.41) is 9.61. The number of halogens is 2. The van der Waals surface area contributed by atoms with Crippen molar-refractivity contribution in [1.82, 2.24) is 14.8 Å². The van der Waals surface area contributed by atoms with Crippen molar-refractivity contribution in [3.63, 3.8) is 0 Å². The van der Waals surface area contributed by atoms with Crippen molar-refractivity contribution in [2.75, 3.05) is 6.61 Å². The second-order valence-electron chi connectivity index (χ2n) is 8.39. The normalized spacial score (nSPS) is 19.1. The Hall–Kier alpha value is -2.94. The lowest BCUT2D eigenvalue weighted by Gasteiger charge is -2.13. The lowest BCUT2D eigenvalue weighted by molar-refractivity contribution is -0.147. The highest BCUT2D eigenvalue weighted by molar-refractivity contribution is 7.15. The molecule has 9 heteroatoms. The molecule has 6 nitrogen and oxygen atoms in total. The second kappa shape index (κ2) is 7.30. The number of thiophene rings is 1. The highest BCUT2D eigenvalue weighted by Gasteiger charge is 2.40. The Morgan fingerprint density at radius 3 is 2.69 bits per heavy atom. The number of carbonyl (C=O) groups is 1. The van der Waals surface area contributed by atoms with Crippen molar-refractivity contribution in [2.24, 2.45) is 10.9 Å². The van der Waals surface area contributed by atoms with Crippen LogP contribution in [-0.2, 0) is 28.9 Å². The van der Waals surface area contributed by atoms with Gasteiger partial charge in [-0.1, -0.05) is 6.07 Å². The van der Waals surface area contributed by atoms with E-state index in [2.05, 4.69) is 15.2 Å². The van der Waals surface area contributed by atoms with Crippen LogP contribution < -0.4 is 0 Å². The van der Waals surface area contributed by atoms with Crippen molar-refractivity contribution < 1.29 is 18.3 Å². The van der Waals surface area contributed by atoms with E-state index in [0.29, 0.717) is 36.8 Å². The zero-order chi connectivity index (χ0) is 22.0. The summed E-state index contributed by atoms with van der Waals surface area (Å²) in [4.78, 5) is 18.1. The van der Waals surface area contributed by atoms with E-state index in [0.717, 1.165) is 34.1 Å². The molecule has 0 bridgehead atoms. The summed E-state index contributed by atoms with van der Waals surface area (Å²) in [6.07, 6.45) is 3.12. The summed E-state index contributed by atoms with van der Waals surface area (Å²) in [6.45, 7) is 2.29. The number of carbonyl (C=O) groups excluding carboxylic acids is 1. The van der Waals surface area contributed by atoms with Crippen LogP contribution in [0.25, 0.3) is 5.00 Å². The molecule has 1 fully saturated rings. The van der Waals surface area contributed by atoms with Gasteiger partial charge in [0.25, 0.3) is 0 Å². The SMILES string of the molecule is CCOC(=O)C1Cc2sc3c(c2C1)C(c1c(F)cccc1F)=NCc1nnc(C2CC2)n1-3. The van der Waals surface area contributed by atoms with E-state index >= 15 is 0 Å². The van der Waals surface area contributed by atoms with Gasteiger partial charge < -0.3 is 4.74 Å². The Morgan fingerprint density at radius 1 is 1.19 bits per heavy atom. The van der Waals surface area contributed by atoms with Crippen LogP contribution in [0.3, 0.4) is 0 Å². The van der Waals surface area contributed by atoms with Gasteiger partial charge in [-0.05, 0) is 50.3 Å². The first kappa shape index (κ1) is 19.7. The van der Waals surface area contributed by atoms with Crippen LogP contribution in [0.5, 0.6) is 0 Å². The van der Waals surface area contributed by atoms with Gasteiger partial charge in [0.2, 0.25) is 0 Å². The van der Waals surface area contributed by atoms with Crippen LogP contribution in [-0.4, -0.2) is 33.1 Å². The summed E-state index contributed by atoms with van der Waals surface area (Å²) < 4.78 is 37.0. The molecule has 164 valence electrons. The van der Waals surface area contributed by atoms with E-state index in [4.69, 9.17) is 4.74 Å². The fraction of sp³-hybridized carbons (Fsp3) is 0.391. The lowest BCUT2D eigenvalue weighted by Crippen LogP contribution is -2.19. The van der Waals surface area contributed by atoms with Crippen molar-refractivity contribution in [3.05, 3.63) is 63.0 Å². The van der Waals surface area contributed by atoms with E-state index < -0.39 is 11.6 Å². The molecule has 0 spiro atoms. The zero-order valence-electron chi connectivity index (χ0n) is 17.4. The number of nitrogens with zero attached hydrogens (tertiary/aromatic N) is 4. The molecule has 3 aliphatic rings. The molecule has 0 amide bonds. The first-order valence-corrected chi connectivity index (χ1v) is 11.6. The Bertz CT molecular complexity index is 1270. The highest BCUT2D eigenvalue weighted by Crippen LogP contribution is 2.46. The molecule has 32 heavy (non-hydrogen) atoms. The minimum Gasteiger partial charge on any atom is -0.466 e. The highest BCUT2D eigenvalue weighted by atomic mass is 32.1. The van der Waals surface area contributed by atoms with Gasteiger partial charge in [-0.3, -0.25) is 14.4 Å². The van der Waals surface area contributed by atoms with Crippen molar-refractivity contribution >= 4 is 23.0 Å². The molecular formula is C23H20F2N4O2S. The number of aliphatic imine (C=N–C) groups is 1. The number of ether oxygens (including phenoxy) is 1. The number of esters is 1. The summed E-state index contributed by atoms with van der Waals surface area (Å²) in [7, 11) is 0. The van der Waals surface area contributed by atoms with Gasteiger partial charge in [0.05, 0.1) is 23.8 Å². The predicted molar refractivity (Wildman–Crippen MR) is 114 cm³/mol. The van der Waals surface area contributed by atoms with E-state index in [1.54, 1.807) is 18.3 Å². The number of fused-ring (bicyclic) bond motifs is 5. The lowest BCUT2D eigenvalue weighted by atomic mass is 9.97. The third kappa shape index (κ3) is 2.94. The van der Waals surface area contributed by atoms with Gasteiger partial charge in [-0.2, -0.15) is 0 Å². The van der Waals surface area contributed by atoms with Crippen LogP contribution >= 0.6 is 11.3 Å². The van der Waals surface area contributed by atoms with Crippen molar-refractivity contribution in [1.29, 1.82) is 0 Å². The van der Waals surface area contributed by atoms with Gasteiger partial charge in [-0.25, -0.2) is 8.78 Å². The van der Waals surface area contributed by atoms with Gasteiger partial charge in [0, 0.05) is 16.4 Å². The van der Waals surface area contributed by atoms with E-state index in [1.165, 1.54) is 18.2 Å². The largest absolute Gasteiger partial charge is 0.466 e. The zero-order valence-corrected chi connectivity index (χ0v) is 18.2. The number of hydrogen-bond acceptors (Lipinski definition) is 6. The first-order chi connectivity index (χ1) is 15.6. The summed E-state index contributed by atoms with van der Waals surface area (Å²) >= 11 is 1.54. The van der Waals surface area contributed by atoms with Crippen LogP contribution in [0, 0.1) is 17.6 Å². The third-order valence-corrected chi connectivity index (χ3v) is 7.53. The first-order valence-electron chi connectivity index (χ1n) is 10.8. The minimum absolute atomic E-state index is 0.138. The molecule has 3 aromatic rings. The van der Waals surface area contributed by atoms with Gasteiger partial charge >= 0.3 is 5.97 Å². The number of benzene rings is 1. The maximum atomic E-state index is 14.9. The topological polar surface area (TPSA) is 69.4 Å². The molecule has 1 saturated carbocycles. The molecule has 1 atom stereocenters. The fourth-order valence-corrected chi connectivity index (χ4v) is 6.10. The number of aromatic nitrogens is 3. The van der Waals surface area contributed by atoms with Crippen LogP contribution in [0.2, 0.25) is 0 Å². The maximum Gasteiger partial charge on any atom is 0.309 e. The molecule has 6 rings (SSSR count). The second-order valence-corrected chi connectivity index (χ2v) is 9.47. The summed E-state index contributed by atoms with van der Waals surface area (Å²) in [5.41, 5.74) is 1.76. The monoisotopic (exact) mass is 454 g/mol. The third-order valence-electron chi connectivity index (χ3n) is 6.29. The molecule has 1 aromatic carbocycles. The molecule has 0 radical (unpaired) electrons.